The van der Waals surface area contributed by atoms with Crippen LogP contribution in [0.1, 0.15) is 23.8 Å². The highest BCUT2D eigenvalue weighted by atomic mass is 16.1. The summed E-state index contributed by atoms with van der Waals surface area (Å²) >= 11 is 0. The van der Waals surface area contributed by atoms with Crippen LogP contribution in [0, 0.1) is 6.57 Å². The lowest BCUT2D eigenvalue weighted by molar-refractivity contribution is -0.118. The fourth-order valence-corrected chi connectivity index (χ4v) is 1.96. The number of nitrogens with one attached hydrogen (secondary N) is 2. The summed E-state index contributed by atoms with van der Waals surface area (Å²) in [7, 11) is 0. The molecule has 0 aliphatic carbocycles. The van der Waals surface area contributed by atoms with Crippen LogP contribution in [0.4, 0.5) is 23.1 Å². The fourth-order valence-electron chi connectivity index (χ4n) is 1.96. The van der Waals surface area contributed by atoms with Gasteiger partial charge in [0, 0.05) is 5.69 Å². The van der Waals surface area contributed by atoms with Crippen molar-refractivity contribution in [3.63, 3.8) is 0 Å². The number of nitrogens with two attached hydrogens (primary N) is 2. The molecular formula is C15H16N8O2. The number of aromatic nitrogens is 3. The summed E-state index contributed by atoms with van der Waals surface area (Å²) < 4.78 is 0. The summed E-state index contributed by atoms with van der Waals surface area (Å²) in [6.45, 7) is 8.80. The summed E-state index contributed by atoms with van der Waals surface area (Å²) in [6.07, 6.45) is 0.423. The number of anilines is 3. The third-order valence-corrected chi connectivity index (χ3v) is 3.21. The van der Waals surface area contributed by atoms with E-state index in [1.54, 1.807) is 31.2 Å². The summed E-state index contributed by atoms with van der Waals surface area (Å²) in [4.78, 5) is 30.3. The molecule has 1 atom stereocenters. The summed E-state index contributed by atoms with van der Waals surface area (Å²) in [5.74, 6) is -1.33. The normalized spacial score (nSPS) is 11.2. The van der Waals surface area contributed by atoms with Gasteiger partial charge in [-0.05, 0) is 18.6 Å². The molecule has 10 nitrogen and oxygen atoms in total. The Kier molecular flexibility index (Phi) is 5.42. The fraction of sp³-hybridized carbons (Fsp3) is 0.200. The molecular weight excluding hydrogens is 324 g/mol. The van der Waals surface area contributed by atoms with Crippen molar-refractivity contribution < 1.29 is 9.59 Å². The van der Waals surface area contributed by atoms with Gasteiger partial charge in [0.25, 0.3) is 5.91 Å². The summed E-state index contributed by atoms with van der Waals surface area (Å²) in [5, 5.41) is 13.1. The van der Waals surface area contributed by atoms with Crippen LogP contribution in [0.5, 0.6) is 0 Å². The van der Waals surface area contributed by atoms with Gasteiger partial charge < -0.3 is 22.1 Å². The van der Waals surface area contributed by atoms with Gasteiger partial charge in [0.1, 0.15) is 6.04 Å². The largest absolute Gasteiger partial charge is 0.368 e. The SMILES string of the molecule is [C-]#[N+]c1cccc(Nc2nc(N[C@H](CC)C(N)=O)nnc2C(N)=O)c1. The van der Waals surface area contributed by atoms with Gasteiger partial charge in [-0.2, -0.15) is 4.98 Å². The smallest absolute Gasteiger partial charge is 0.273 e. The van der Waals surface area contributed by atoms with E-state index in [0.29, 0.717) is 17.8 Å². The second-order valence-electron chi connectivity index (χ2n) is 4.99. The first-order chi connectivity index (χ1) is 11.9. The van der Waals surface area contributed by atoms with Gasteiger partial charge in [0.2, 0.25) is 11.9 Å². The number of primary amides is 2. The van der Waals surface area contributed by atoms with Gasteiger partial charge in [0.05, 0.1) is 6.57 Å². The zero-order valence-electron chi connectivity index (χ0n) is 13.4. The molecule has 0 saturated heterocycles. The van der Waals surface area contributed by atoms with E-state index in [0.717, 1.165) is 0 Å². The lowest BCUT2D eigenvalue weighted by Gasteiger charge is -2.14. The Labute approximate surface area is 143 Å². The molecule has 0 bridgehead atoms. The minimum absolute atomic E-state index is 0.0134. The van der Waals surface area contributed by atoms with Gasteiger partial charge in [-0.1, -0.05) is 19.1 Å². The Morgan fingerprint density at radius 2 is 2.08 bits per heavy atom. The van der Waals surface area contributed by atoms with E-state index in [1.165, 1.54) is 0 Å². The van der Waals surface area contributed by atoms with Gasteiger partial charge in [-0.15, -0.1) is 10.2 Å². The van der Waals surface area contributed by atoms with Crippen molar-refractivity contribution in [3.05, 3.63) is 41.4 Å². The lowest BCUT2D eigenvalue weighted by atomic mass is 10.2. The Morgan fingerprint density at radius 1 is 1.32 bits per heavy atom. The molecule has 0 aliphatic heterocycles. The van der Waals surface area contributed by atoms with Crippen LogP contribution in [0.3, 0.4) is 0 Å². The van der Waals surface area contributed by atoms with Gasteiger partial charge in [-0.25, -0.2) is 4.85 Å². The molecule has 128 valence electrons. The summed E-state index contributed by atoms with van der Waals surface area (Å²) in [6, 6.07) is 5.89. The Hall–Kier alpha value is -3.74. The second-order valence-corrected chi connectivity index (χ2v) is 4.99. The maximum absolute atomic E-state index is 11.5. The van der Waals surface area contributed by atoms with Crippen LogP contribution in [0.15, 0.2) is 24.3 Å². The maximum atomic E-state index is 11.5. The number of benzene rings is 1. The minimum Gasteiger partial charge on any atom is -0.368 e. The third kappa shape index (κ3) is 4.38. The highest BCUT2D eigenvalue weighted by molar-refractivity contribution is 5.96. The molecule has 25 heavy (non-hydrogen) atoms. The first-order valence-electron chi connectivity index (χ1n) is 7.29. The van der Waals surface area contributed by atoms with E-state index in [4.69, 9.17) is 18.0 Å². The van der Waals surface area contributed by atoms with Crippen LogP contribution < -0.4 is 22.1 Å². The number of rotatable bonds is 7. The van der Waals surface area contributed by atoms with Crippen molar-refractivity contribution in [3.8, 4) is 0 Å². The third-order valence-electron chi connectivity index (χ3n) is 3.21. The van der Waals surface area contributed by atoms with E-state index in [2.05, 4.69) is 30.7 Å². The molecule has 0 spiro atoms. The molecule has 2 amide bonds. The van der Waals surface area contributed by atoms with Crippen molar-refractivity contribution in [1.29, 1.82) is 0 Å². The molecule has 1 aromatic carbocycles. The van der Waals surface area contributed by atoms with E-state index in [-0.39, 0.29) is 17.5 Å². The average molecular weight is 340 g/mol. The topological polar surface area (TPSA) is 153 Å². The quantitative estimate of drug-likeness (QED) is 0.547. The number of hydrogen-bond acceptors (Lipinski definition) is 7. The molecule has 0 radical (unpaired) electrons. The van der Waals surface area contributed by atoms with Gasteiger partial charge in [-0.3, -0.25) is 9.59 Å². The number of carbonyl (C=O) groups is 2. The average Bonchev–Trinajstić information content (AvgIpc) is 2.59. The molecule has 6 N–H and O–H groups in total. The van der Waals surface area contributed by atoms with E-state index < -0.39 is 17.9 Å². The molecule has 0 saturated carbocycles. The zero-order chi connectivity index (χ0) is 18.4. The number of carbonyl (C=O) groups excluding carboxylic acids is 2. The van der Waals surface area contributed by atoms with Crippen molar-refractivity contribution in [2.75, 3.05) is 10.6 Å². The number of nitrogens with zero attached hydrogens (tertiary/aromatic N) is 4. The van der Waals surface area contributed by atoms with Crippen molar-refractivity contribution in [1.82, 2.24) is 15.2 Å². The second kappa shape index (κ2) is 7.69. The molecule has 0 aliphatic rings. The van der Waals surface area contributed by atoms with E-state index in [1.807, 2.05) is 0 Å². The molecule has 2 rings (SSSR count). The zero-order valence-corrected chi connectivity index (χ0v) is 13.4. The molecule has 10 heteroatoms. The number of amides is 2. The first kappa shape index (κ1) is 17.6. The predicted molar refractivity (Wildman–Crippen MR) is 91.2 cm³/mol. The summed E-state index contributed by atoms with van der Waals surface area (Å²) in [5.41, 5.74) is 11.3. The molecule has 1 heterocycles. The van der Waals surface area contributed by atoms with Crippen molar-refractivity contribution in [2.24, 2.45) is 11.5 Å². The van der Waals surface area contributed by atoms with Crippen LogP contribution in [-0.4, -0.2) is 33.0 Å². The van der Waals surface area contributed by atoms with Crippen LogP contribution >= 0.6 is 0 Å². The molecule has 2 aromatic rings. The lowest BCUT2D eigenvalue weighted by Crippen LogP contribution is -2.35. The predicted octanol–water partition coefficient (Wildman–Crippen LogP) is 0.941. The van der Waals surface area contributed by atoms with Gasteiger partial charge in [0.15, 0.2) is 17.2 Å². The Balaban J connectivity index is 2.36. The standard InChI is InChI=1S/C15H16N8O2/c1-3-10(12(16)24)20-15-21-14(11(13(17)25)22-23-15)19-9-6-4-5-8(7-9)18-2/h4-7,10H,3H2,1H3,(H2,16,24)(H2,17,25)(H2,19,20,21,23)/t10-/m1/s1. The maximum Gasteiger partial charge on any atom is 0.273 e. The van der Waals surface area contributed by atoms with E-state index in [9.17, 15) is 9.59 Å². The van der Waals surface area contributed by atoms with Gasteiger partial charge >= 0.3 is 0 Å². The molecule has 1 aromatic heterocycles. The Bertz CT molecular complexity index is 846. The highest BCUT2D eigenvalue weighted by Crippen LogP contribution is 2.22. The number of hydrogen-bond donors (Lipinski definition) is 4. The van der Waals surface area contributed by atoms with Crippen LogP contribution in [0.2, 0.25) is 0 Å². The monoisotopic (exact) mass is 340 g/mol. The van der Waals surface area contributed by atoms with Crippen molar-refractivity contribution in [2.45, 2.75) is 19.4 Å². The Morgan fingerprint density at radius 3 is 2.68 bits per heavy atom. The first-order valence-corrected chi connectivity index (χ1v) is 7.29. The highest BCUT2D eigenvalue weighted by Gasteiger charge is 2.18. The van der Waals surface area contributed by atoms with Crippen molar-refractivity contribution >= 4 is 35.0 Å². The molecule has 0 unspecified atom stereocenters. The van der Waals surface area contributed by atoms with Crippen LogP contribution in [0.25, 0.3) is 4.85 Å². The minimum atomic E-state index is -0.822. The molecule has 0 fully saturated rings. The van der Waals surface area contributed by atoms with E-state index >= 15 is 0 Å². The van der Waals surface area contributed by atoms with Crippen LogP contribution in [-0.2, 0) is 4.79 Å².